The highest BCUT2D eigenvalue weighted by Crippen LogP contribution is 2.31. The van der Waals surface area contributed by atoms with Crippen LogP contribution in [0.25, 0.3) is 0 Å². The van der Waals surface area contributed by atoms with Gasteiger partial charge in [-0.3, -0.25) is 0 Å². The van der Waals surface area contributed by atoms with Gasteiger partial charge in [-0.15, -0.1) is 11.6 Å². The largest absolute Gasteiger partial charge is 0.317 e. The van der Waals surface area contributed by atoms with Crippen molar-refractivity contribution in [1.82, 2.24) is 5.32 Å². The van der Waals surface area contributed by atoms with E-state index in [4.69, 9.17) is 11.6 Å². The molecule has 0 aromatic heterocycles. The van der Waals surface area contributed by atoms with Gasteiger partial charge in [-0.25, -0.2) is 0 Å². The normalized spacial score (nSPS) is 17.2. The van der Waals surface area contributed by atoms with E-state index >= 15 is 0 Å². The molecule has 0 unspecified atom stereocenters. The van der Waals surface area contributed by atoms with Crippen LogP contribution in [0.15, 0.2) is 0 Å². The molecule has 11 heavy (non-hydrogen) atoms. The third kappa shape index (κ3) is 5.51. The summed E-state index contributed by atoms with van der Waals surface area (Å²) in [5, 5.41) is 3.43. The van der Waals surface area contributed by atoms with Crippen molar-refractivity contribution >= 4 is 11.6 Å². The number of nitrogens with one attached hydrogen (secondary N) is 1. The van der Waals surface area contributed by atoms with Gasteiger partial charge in [0.1, 0.15) is 0 Å². The highest BCUT2D eigenvalue weighted by Gasteiger charge is 2.19. The Morgan fingerprint density at radius 2 is 2.00 bits per heavy atom. The monoisotopic (exact) mass is 175 g/mol. The summed E-state index contributed by atoms with van der Waals surface area (Å²) in [7, 11) is 0. The summed E-state index contributed by atoms with van der Waals surface area (Å²) in [4.78, 5) is 0. The van der Waals surface area contributed by atoms with Crippen LogP contribution in [-0.4, -0.2) is 19.0 Å². The lowest BCUT2D eigenvalue weighted by Gasteiger charge is -2.01. The first kappa shape index (κ1) is 9.34. The zero-order chi connectivity index (χ0) is 7.94. The molecule has 0 aromatic rings. The van der Waals surface area contributed by atoms with Crippen molar-refractivity contribution in [1.29, 1.82) is 0 Å². The van der Waals surface area contributed by atoms with Crippen LogP contribution in [0.1, 0.15) is 32.1 Å². The molecule has 0 heterocycles. The molecule has 0 atom stereocenters. The van der Waals surface area contributed by atoms with Gasteiger partial charge in [-0.1, -0.05) is 12.8 Å². The van der Waals surface area contributed by atoms with Gasteiger partial charge >= 0.3 is 0 Å². The molecular formula is C9H18ClN. The second-order valence-electron chi connectivity index (χ2n) is 3.38. The first-order valence-electron chi connectivity index (χ1n) is 4.70. The van der Waals surface area contributed by atoms with Gasteiger partial charge in [0, 0.05) is 5.88 Å². The van der Waals surface area contributed by atoms with E-state index in [2.05, 4.69) is 5.32 Å². The lowest BCUT2D eigenvalue weighted by Crippen LogP contribution is -2.17. The van der Waals surface area contributed by atoms with Crippen LogP contribution >= 0.6 is 11.6 Å². The molecule has 1 N–H and O–H groups in total. The first-order chi connectivity index (χ1) is 5.43. The van der Waals surface area contributed by atoms with Crippen molar-refractivity contribution in [3.63, 3.8) is 0 Å². The summed E-state index contributed by atoms with van der Waals surface area (Å²) >= 11 is 5.55. The predicted octanol–water partition coefficient (Wildman–Crippen LogP) is 2.40. The van der Waals surface area contributed by atoms with Crippen LogP contribution in [0.3, 0.4) is 0 Å². The Hall–Kier alpha value is 0.250. The maximum Gasteiger partial charge on any atom is 0.0223 e. The summed E-state index contributed by atoms with van der Waals surface area (Å²) in [6.45, 7) is 2.37. The number of halogens is 1. The number of hydrogen-bond donors (Lipinski definition) is 1. The van der Waals surface area contributed by atoms with Crippen LogP contribution in [0.5, 0.6) is 0 Å². The fourth-order valence-corrected chi connectivity index (χ4v) is 1.37. The lowest BCUT2D eigenvalue weighted by molar-refractivity contribution is 0.592. The van der Waals surface area contributed by atoms with E-state index in [1.165, 1.54) is 32.2 Å². The van der Waals surface area contributed by atoms with Crippen LogP contribution < -0.4 is 5.32 Å². The molecule has 0 radical (unpaired) electrons. The van der Waals surface area contributed by atoms with Gasteiger partial charge in [0.15, 0.2) is 0 Å². The Morgan fingerprint density at radius 1 is 1.18 bits per heavy atom. The van der Waals surface area contributed by atoms with E-state index in [0.29, 0.717) is 0 Å². The SMILES string of the molecule is ClCCCCNCCC1CC1. The molecule has 0 aromatic carbocycles. The number of unbranched alkanes of at least 4 members (excludes halogenated alkanes) is 1. The van der Waals surface area contributed by atoms with E-state index < -0.39 is 0 Å². The topological polar surface area (TPSA) is 12.0 Å². The molecule has 0 bridgehead atoms. The Balaban J connectivity index is 1.66. The molecular weight excluding hydrogens is 158 g/mol. The van der Waals surface area contributed by atoms with Crippen molar-refractivity contribution in [3.8, 4) is 0 Å². The van der Waals surface area contributed by atoms with Gasteiger partial charge in [0.25, 0.3) is 0 Å². The van der Waals surface area contributed by atoms with Crippen LogP contribution in [0.4, 0.5) is 0 Å². The minimum absolute atomic E-state index is 0.810. The van der Waals surface area contributed by atoms with Crippen LogP contribution in [0.2, 0.25) is 0 Å². The van der Waals surface area contributed by atoms with Gasteiger partial charge in [-0.05, 0) is 38.3 Å². The molecule has 1 nitrogen and oxygen atoms in total. The zero-order valence-corrected chi connectivity index (χ0v) is 7.87. The van der Waals surface area contributed by atoms with E-state index in [9.17, 15) is 0 Å². The molecule has 0 spiro atoms. The highest BCUT2D eigenvalue weighted by atomic mass is 35.5. The molecule has 1 rings (SSSR count). The number of hydrogen-bond acceptors (Lipinski definition) is 1. The van der Waals surface area contributed by atoms with Crippen molar-refractivity contribution in [2.75, 3.05) is 19.0 Å². The molecule has 1 aliphatic carbocycles. The molecule has 0 aliphatic heterocycles. The van der Waals surface area contributed by atoms with Crippen molar-refractivity contribution in [3.05, 3.63) is 0 Å². The fourth-order valence-electron chi connectivity index (χ4n) is 1.18. The van der Waals surface area contributed by atoms with Gasteiger partial charge < -0.3 is 5.32 Å². The molecule has 1 saturated carbocycles. The maximum atomic E-state index is 5.55. The van der Waals surface area contributed by atoms with Gasteiger partial charge in [0.05, 0.1) is 0 Å². The third-order valence-electron chi connectivity index (χ3n) is 2.16. The highest BCUT2D eigenvalue weighted by molar-refractivity contribution is 6.17. The van der Waals surface area contributed by atoms with Crippen molar-refractivity contribution < 1.29 is 0 Å². The van der Waals surface area contributed by atoms with E-state index in [1.54, 1.807) is 0 Å². The molecule has 2 heteroatoms. The van der Waals surface area contributed by atoms with E-state index in [-0.39, 0.29) is 0 Å². The molecule has 0 amide bonds. The van der Waals surface area contributed by atoms with E-state index in [0.717, 1.165) is 24.8 Å². The third-order valence-corrected chi connectivity index (χ3v) is 2.43. The summed E-state index contributed by atoms with van der Waals surface area (Å²) < 4.78 is 0. The summed E-state index contributed by atoms with van der Waals surface area (Å²) in [6, 6.07) is 0. The minimum atomic E-state index is 0.810. The quantitative estimate of drug-likeness (QED) is 0.463. The lowest BCUT2D eigenvalue weighted by atomic mass is 10.3. The Morgan fingerprint density at radius 3 is 2.64 bits per heavy atom. The number of alkyl halides is 1. The zero-order valence-electron chi connectivity index (χ0n) is 7.11. The standard InChI is InChI=1S/C9H18ClN/c10-6-1-2-7-11-8-5-9-3-4-9/h9,11H,1-8H2. The molecule has 0 saturated heterocycles. The van der Waals surface area contributed by atoms with E-state index in [1.807, 2.05) is 0 Å². The Kier molecular flexibility index (Phi) is 4.96. The van der Waals surface area contributed by atoms with Crippen molar-refractivity contribution in [2.24, 2.45) is 5.92 Å². The average molecular weight is 176 g/mol. The van der Waals surface area contributed by atoms with Crippen LogP contribution in [0, 0.1) is 5.92 Å². The molecule has 66 valence electrons. The van der Waals surface area contributed by atoms with Gasteiger partial charge in [-0.2, -0.15) is 0 Å². The summed E-state index contributed by atoms with van der Waals surface area (Å²) in [6.07, 6.45) is 6.72. The van der Waals surface area contributed by atoms with Crippen molar-refractivity contribution in [2.45, 2.75) is 32.1 Å². The summed E-state index contributed by atoms with van der Waals surface area (Å²) in [5.41, 5.74) is 0. The predicted molar refractivity (Wildman–Crippen MR) is 50.2 cm³/mol. The maximum absolute atomic E-state index is 5.55. The molecule has 1 aliphatic rings. The fraction of sp³-hybridized carbons (Fsp3) is 1.00. The second kappa shape index (κ2) is 5.84. The first-order valence-corrected chi connectivity index (χ1v) is 5.23. The molecule has 1 fully saturated rings. The van der Waals surface area contributed by atoms with Crippen LogP contribution in [-0.2, 0) is 0 Å². The Bertz CT molecular complexity index is 91.6. The smallest absolute Gasteiger partial charge is 0.0223 e. The van der Waals surface area contributed by atoms with Gasteiger partial charge in [0.2, 0.25) is 0 Å². The number of rotatable bonds is 7. The minimum Gasteiger partial charge on any atom is -0.317 e. The second-order valence-corrected chi connectivity index (χ2v) is 3.76. The average Bonchev–Trinajstić information content (AvgIpc) is 2.80. The Labute approximate surface area is 74.5 Å². The summed E-state index contributed by atoms with van der Waals surface area (Å²) in [5.74, 6) is 1.88.